The highest BCUT2D eigenvalue weighted by molar-refractivity contribution is 6.42. The summed E-state index contributed by atoms with van der Waals surface area (Å²) in [5, 5.41) is 11.6. The van der Waals surface area contributed by atoms with Crippen molar-refractivity contribution in [3.05, 3.63) is 110 Å². The summed E-state index contributed by atoms with van der Waals surface area (Å²) in [5.74, 6) is -0.858. The monoisotopic (exact) mass is 684 g/mol. The molecule has 0 spiro atoms. The van der Waals surface area contributed by atoms with Crippen molar-refractivity contribution in [2.75, 3.05) is 13.1 Å². The first-order valence-corrected chi connectivity index (χ1v) is 16.2. The Bertz CT molecular complexity index is 1830. The molecule has 238 valence electrons. The van der Waals surface area contributed by atoms with Gasteiger partial charge in [0.1, 0.15) is 23.9 Å². The molecule has 4 aromatic rings. The molecule has 1 aromatic heterocycles. The number of piperazine rings is 1. The second-order valence-electron chi connectivity index (χ2n) is 11.8. The Morgan fingerprint density at radius 3 is 2.61 bits per heavy atom. The third-order valence-electron chi connectivity index (χ3n) is 8.59. The number of nitrogens with zero attached hydrogens (tertiary/aromatic N) is 2. The van der Waals surface area contributed by atoms with Crippen LogP contribution in [-0.2, 0) is 17.9 Å². The Kier molecular flexibility index (Phi) is 8.78. The zero-order valence-electron chi connectivity index (χ0n) is 24.5. The molecule has 7 nitrogen and oxygen atoms in total. The maximum absolute atomic E-state index is 14.4. The summed E-state index contributed by atoms with van der Waals surface area (Å²) in [5.41, 5.74) is 3.17. The highest BCUT2D eigenvalue weighted by atomic mass is 35.5. The predicted octanol–water partition coefficient (Wildman–Crippen LogP) is 7.44. The van der Waals surface area contributed by atoms with Crippen LogP contribution in [0.2, 0.25) is 15.1 Å². The van der Waals surface area contributed by atoms with Gasteiger partial charge in [0.2, 0.25) is 0 Å². The van der Waals surface area contributed by atoms with Gasteiger partial charge >= 0.3 is 0 Å². The molecule has 7 rings (SSSR count). The van der Waals surface area contributed by atoms with Crippen LogP contribution in [0, 0.1) is 11.6 Å². The highest BCUT2D eigenvalue weighted by Crippen LogP contribution is 2.38. The summed E-state index contributed by atoms with van der Waals surface area (Å²) < 4.78 is 39.9. The number of carbonyl (C=O) groups is 1. The zero-order valence-corrected chi connectivity index (χ0v) is 26.7. The minimum atomic E-state index is -0.906. The summed E-state index contributed by atoms with van der Waals surface area (Å²) in [6, 6.07) is 16.9. The van der Waals surface area contributed by atoms with E-state index in [1.165, 1.54) is 6.07 Å². The van der Waals surface area contributed by atoms with E-state index >= 15 is 0 Å². The largest absolute Gasteiger partial charge is 0.486 e. The fourth-order valence-electron chi connectivity index (χ4n) is 6.17. The average Bonchev–Trinajstić information content (AvgIpc) is 3.80. The molecule has 2 fully saturated rings. The van der Waals surface area contributed by atoms with Gasteiger partial charge in [-0.15, -0.1) is 0 Å². The summed E-state index contributed by atoms with van der Waals surface area (Å²) in [4.78, 5) is 16.3. The molecule has 1 saturated carbocycles. The minimum absolute atomic E-state index is 0.00205. The van der Waals surface area contributed by atoms with Crippen LogP contribution in [0.25, 0.3) is 16.8 Å². The number of nitrogens with one attached hydrogen (secondary N) is 2. The van der Waals surface area contributed by atoms with E-state index in [0.29, 0.717) is 35.3 Å². The maximum atomic E-state index is 14.4. The molecule has 3 aromatic carbocycles. The summed E-state index contributed by atoms with van der Waals surface area (Å²) >= 11 is 18.6. The second kappa shape index (κ2) is 13.0. The quantitative estimate of drug-likeness (QED) is 0.179. The first-order valence-electron chi connectivity index (χ1n) is 15.0. The molecule has 2 N–H and O–H groups in total. The lowest BCUT2D eigenvalue weighted by atomic mass is 9.83. The number of halogens is 5. The molecule has 0 radical (unpaired) electrons. The van der Waals surface area contributed by atoms with E-state index in [-0.39, 0.29) is 52.7 Å². The van der Waals surface area contributed by atoms with Crippen LogP contribution in [-0.4, -0.2) is 47.2 Å². The van der Waals surface area contributed by atoms with E-state index in [9.17, 15) is 13.6 Å². The highest BCUT2D eigenvalue weighted by Gasteiger charge is 2.41. The van der Waals surface area contributed by atoms with Crippen molar-refractivity contribution in [2.24, 2.45) is 0 Å². The topological polar surface area (TPSA) is 79.6 Å². The first kappa shape index (κ1) is 31.1. The molecule has 2 atom stereocenters. The number of ether oxygens (including phenoxy) is 1. The van der Waals surface area contributed by atoms with Crippen LogP contribution in [0.5, 0.6) is 5.75 Å². The molecular weight excluding hydrogens is 657 g/mol. The van der Waals surface area contributed by atoms with Gasteiger partial charge < -0.3 is 24.8 Å². The molecular formula is C34H29Cl3F2N4O3. The Morgan fingerprint density at radius 2 is 1.83 bits per heavy atom. The Morgan fingerprint density at radius 1 is 1.02 bits per heavy atom. The Labute approximate surface area is 279 Å². The van der Waals surface area contributed by atoms with Crippen molar-refractivity contribution in [1.82, 2.24) is 20.7 Å². The average molecular weight is 686 g/mol. The molecule has 3 heterocycles. The van der Waals surface area contributed by atoms with Crippen molar-refractivity contribution in [3.63, 3.8) is 0 Å². The van der Waals surface area contributed by atoms with Crippen LogP contribution in [0.15, 0.2) is 70.8 Å². The number of hydrogen-bond donors (Lipinski definition) is 2. The second-order valence-corrected chi connectivity index (χ2v) is 13.0. The molecule has 1 unspecified atom stereocenters. The van der Waals surface area contributed by atoms with Crippen LogP contribution < -0.4 is 15.4 Å². The number of rotatable bonds is 9. The third kappa shape index (κ3) is 6.27. The van der Waals surface area contributed by atoms with Crippen molar-refractivity contribution in [1.29, 1.82) is 0 Å². The van der Waals surface area contributed by atoms with E-state index in [0.717, 1.165) is 53.8 Å². The zero-order chi connectivity index (χ0) is 31.9. The van der Waals surface area contributed by atoms with Crippen LogP contribution >= 0.6 is 34.8 Å². The summed E-state index contributed by atoms with van der Waals surface area (Å²) in [6.45, 7) is 1.84. The molecule has 1 amide bonds. The van der Waals surface area contributed by atoms with Crippen molar-refractivity contribution < 1.29 is 22.8 Å². The van der Waals surface area contributed by atoms with Gasteiger partial charge in [0.25, 0.3) is 5.91 Å². The van der Waals surface area contributed by atoms with Gasteiger partial charge in [-0.1, -0.05) is 64.2 Å². The Hall–Kier alpha value is -3.47. The van der Waals surface area contributed by atoms with E-state index < -0.39 is 11.6 Å². The normalized spacial score (nSPS) is 19.3. The number of benzene rings is 3. The van der Waals surface area contributed by atoms with E-state index in [2.05, 4.69) is 15.8 Å². The van der Waals surface area contributed by atoms with E-state index in [1.807, 2.05) is 41.3 Å². The molecule has 1 saturated heterocycles. The smallest absolute Gasteiger partial charge is 0.252 e. The molecule has 2 aliphatic heterocycles. The lowest BCUT2D eigenvalue weighted by molar-refractivity contribution is -0.128. The van der Waals surface area contributed by atoms with Gasteiger partial charge in [0, 0.05) is 43.4 Å². The summed E-state index contributed by atoms with van der Waals surface area (Å²) in [7, 11) is 0. The van der Waals surface area contributed by atoms with Gasteiger partial charge in [0.15, 0.2) is 11.6 Å². The fraction of sp³-hybridized carbons (Fsp3) is 0.294. The van der Waals surface area contributed by atoms with Crippen LogP contribution in [0.4, 0.5) is 8.78 Å². The van der Waals surface area contributed by atoms with Gasteiger partial charge in [-0.3, -0.25) is 4.79 Å². The lowest BCUT2D eigenvalue weighted by Gasteiger charge is -2.41. The maximum Gasteiger partial charge on any atom is 0.252 e. The van der Waals surface area contributed by atoms with E-state index in [4.69, 9.17) is 44.1 Å². The SMILES string of the molecule is O=C(C1=C(c2ccc(OCc3cc(-c4c(F)ccc(Cl)c4F)no3)cc2)CC2CNC[C@H]1N2)N(Cc1cccc(Cl)c1Cl)C1CC1. The third-order valence-corrected chi connectivity index (χ3v) is 9.74. The van der Waals surface area contributed by atoms with Crippen molar-refractivity contribution in [2.45, 2.75) is 50.5 Å². The molecule has 46 heavy (non-hydrogen) atoms. The van der Waals surface area contributed by atoms with Gasteiger partial charge in [0.05, 0.1) is 26.7 Å². The molecule has 3 aliphatic rings. The van der Waals surface area contributed by atoms with Gasteiger partial charge in [-0.25, -0.2) is 8.78 Å². The number of carbonyl (C=O) groups excluding carboxylic acids is 1. The number of aromatic nitrogens is 1. The van der Waals surface area contributed by atoms with Gasteiger partial charge in [-0.2, -0.15) is 0 Å². The molecule has 12 heteroatoms. The summed E-state index contributed by atoms with van der Waals surface area (Å²) in [6.07, 6.45) is 2.60. The Balaban J connectivity index is 1.12. The number of fused-ring (bicyclic) bond motifs is 2. The fourth-order valence-corrected chi connectivity index (χ4v) is 6.71. The minimum Gasteiger partial charge on any atom is -0.486 e. The standard InChI is InChI=1S/C34H29Cl3F2N4O3/c35-25-3-1-2-19(32(25)37)16-43(21-6-7-21)34(44)30-24(12-20-14-40-15-29(30)41-20)18-4-8-22(9-5-18)45-17-23-13-28(42-46-23)31-27(38)11-10-26(36)33(31)39/h1-5,8-11,13,20-21,29,40-41H,6-7,12,14-17H2/t20?,29-/m1/s1. The predicted molar refractivity (Wildman–Crippen MR) is 173 cm³/mol. The first-order chi connectivity index (χ1) is 22.3. The van der Waals surface area contributed by atoms with Gasteiger partial charge in [-0.05, 0) is 66.3 Å². The lowest BCUT2D eigenvalue weighted by Crippen LogP contribution is -2.60. The number of amides is 1. The molecule has 1 aliphatic carbocycles. The molecule has 2 bridgehead atoms. The number of hydrogen-bond acceptors (Lipinski definition) is 6. The van der Waals surface area contributed by atoms with E-state index in [1.54, 1.807) is 6.07 Å². The van der Waals surface area contributed by atoms with Crippen molar-refractivity contribution >= 4 is 46.3 Å². The van der Waals surface area contributed by atoms with Crippen LogP contribution in [0.3, 0.4) is 0 Å². The van der Waals surface area contributed by atoms with Crippen molar-refractivity contribution in [3.8, 4) is 17.0 Å². The van der Waals surface area contributed by atoms with Crippen LogP contribution in [0.1, 0.15) is 36.1 Å².